The second-order valence-electron chi connectivity index (χ2n) is 6.98. The van der Waals surface area contributed by atoms with Gasteiger partial charge in [0.05, 0.1) is 12.2 Å². The van der Waals surface area contributed by atoms with E-state index in [-0.39, 0.29) is 23.5 Å². The lowest BCUT2D eigenvalue weighted by molar-refractivity contribution is 0.177. The van der Waals surface area contributed by atoms with Gasteiger partial charge >= 0.3 is 6.03 Å². The number of rotatable bonds is 6. The molecule has 2 heterocycles. The maximum absolute atomic E-state index is 12.4. The Balaban J connectivity index is 1.60. The van der Waals surface area contributed by atoms with Crippen LogP contribution in [-0.4, -0.2) is 41.5 Å². The fourth-order valence-electron chi connectivity index (χ4n) is 3.05. The third-order valence-corrected chi connectivity index (χ3v) is 4.60. The SMILES string of the molecule is CN(C)C(=O)N(N)/C(=C\N)COc1coc(CN2Cc3ccccc3C2)cc1=O. The Bertz CT molecular complexity index is 944. The van der Waals surface area contributed by atoms with Gasteiger partial charge < -0.3 is 19.8 Å². The molecule has 1 aromatic heterocycles. The Morgan fingerprint density at radius 2 is 1.93 bits per heavy atom. The molecule has 1 aliphatic heterocycles. The van der Waals surface area contributed by atoms with E-state index in [1.165, 1.54) is 28.4 Å². The van der Waals surface area contributed by atoms with Gasteiger partial charge in [0.15, 0.2) is 0 Å². The molecule has 9 nitrogen and oxygen atoms in total. The van der Waals surface area contributed by atoms with Gasteiger partial charge in [-0.15, -0.1) is 0 Å². The minimum absolute atomic E-state index is 0.0171. The quantitative estimate of drug-likeness (QED) is 0.425. The second-order valence-corrected chi connectivity index (χ2v) is 6.98. The molecule has 0 aliphatic carbocycles. The normalized spacial score (nSPS) is 13.8. The van der Waals surface area contributed by atoms with Crippen LogP contribution in [0.1, 0.15) is 16.9 Å². The summed E-state index contributed by atoms with van der Waals surface area (Å²) >= 11 is 0. The van der Waals surface area contributed by atoms with Crippen molar-refractivity contribution in [2.75, 3.05) is 20.7 Å². The molecule has 0 radical (unpaired) electrons. The predicted octanol–water partition coefficient (Wildman–Crippen LogP) is 1.19. The molecule has 29 heavy (non-hydrogen) atoms. The van der Waals surface area contributed by atoms with Crippen molar-refractivity contribution in [1.29, 1.82) is 0 Å². The third kappa shape index (κ3) is 4.76. The van der Waals surface area contributed by atoms with Crippen LogP contribution in [0.3, 0.4) is 0 Å². The number of benzene rings is 1. The van der Waals surface area contributed by atoms with Crippen molar-refractivity contribution in [3.63, 3.8) is 0 Å². The van der Waals surface area contributed by atoms with E-state index in [0.29, 0.717) is 12.3 Å². The Kier molecular flexibility index (Phi) is 6.20. The highest BCUT2D eigenvalue weighted by atomic mass is 16.5. The summed E-state index contributed by atoms with van der Waals surface area (Å²) in [4.78, 5) is 27.8. The van der Waals surface area contributed by atoms with Crippen LogP contribution in [0.25, 0.3) is 0 Å². The molecular formula is C20H25N5O4. The van der Waals surface area contributed by atoms with E-state index in [2.05, 4.69) is 17.0 Å². The number of nitrogens with zero attached hydrogens (tertiary/aromatic N) is 3. The Morgan fingerprint density at radius 3 is 2.48 bits per heavy atom. The van der Waals surface area contributed by atoms with Crippen LogP contribution in [0.5, 0.6) is 5.75 Å². The summed E-state index contributed by atoms with van der Waals surface area (Å²) in [5.74, 6) is 6.30. The first-order valence-corrected chi connectivity index (χ1v) is 9.09. The van der Waals surface area contributed by atoms with Crippen LogP contribution in [-0.2, 0) is 19.6 Å². The number of hydrogen-bond donors (Lipinski definition) is 2. The van der Waals surface area contributed by atoms with E-state index in [1.54, 1.807) is 14.1 Å². The monoisotopic (exact) mass is 399 g/mol. The van der Waals surface area contributed by atoms with E-state index >= 15 is 0 Å². The summed E-state index contributed by atoms with van der Waals surface area (Å²) in [6.45, 7) is 1.99. The van der Waals surface area contributed by atoms with Gasteiger partial charge in [0.25, 0.3) is 0 Å². The first kappa shape index (κ1) is 20.4. The van der Waals surface area contributed by atoms with Gasteiger partial charge in [-0.05, 0) is 11.1 Å². The highest BCUT2D eigenvalue weighted by molar-refractivity contribution is 5.75. The summed E-state index contributed by atoms with van der Waals surface area (Å²) in [6.07, 6.45) is 2.42. The van der Waals surface area contributed by atoms with Gasteiger partial charge in [-0.1, -0.05) is 24.3 Å². The van der Waals surface area contributed by atoms with Crippen molar-refractivity contribution < 1.29 is 13.9 Å². The van der Waals surface area contributed by atoms with Crippen molar-refractivity contribution in [3.8, 4) is 5.75 Å². The first-order valence-electron chi connectivity index (χ1n) is 9.09. The Labute approximate surface area is 168 Å². The molecule has 0 atom stereocenters. The van der Waals surface area contributed by atoms with Crippen LogP contribution in [0.2, 0.25) is 0 Å². The zero-order valence-electron chi connectivity index (χ0n) is 16.5. The molecule has 0 bridgehead atoms. The number of carbonyl (C=O) groups excluding carboxylic acids is 1. The molecule has 0 fully saturated rings. The van der Waals surface area contributed by atoms with Gasteiger partial charge in [0.2, 0.25) is 11.2 Å². The smallest absolute Gasteiger partial charge is 0.338 e. The van der Waals surface area contributed by atoms with Crippen molar-refractivity contribution in [3.05, 3.63) is 75.6 Å². The zero-order chi connectivity index (χ0) is 21.0. The van der Waals surface area contributed by atoms with Gasteiger partial charge in [-0.2, -0.15) is 0 Å². The average Bonchev–Trinajstić information content (AvgIpc) is 3.11. The Morgan fingerprint density at radius 1 is 1.28 bits per heavy atom. The highest BCUT2D eigenvalue weighted by Gasteiger charge is 2.20. The molecular weight excluding hydrogens is 374 g/mol. The summed E-state index contributed by atoms with van der Waals surface area (Å²) in [5.41, 5.74) is 7.99. The topological polar surface area (TPSA) is 118 Å². The zero-order valence-corrected chi connectivity index (χ0v) is 16.5. The van der Waals surface area contributed by atoms with Crippen molar-refractivity contribution in [2.45, 2.75) is 19.6 Å². The number of hydrogen-bond acceptors (Lipinski definition) is 7. The average molecular weight is 399 g/mol. The molecule has 0 saturated heterocycles. The third-order valence-electron chi connectivity index (χ3n) is 4.60. The number of ether oxygens (including phenoxy) is 1. The number of fused-ring (bicyclic) bond motifs is 1. The summed E-state index contributed by atoms with van der Waals surface area (Å²) < 4.78 is 11.0. The summed E-state index contributed by atoms with van der Waals surface area (Å²) in [6, 6.07) is 9.19. The van der Waals surface area contributed by atoms with Gasteiger partial charge in [0.1, 0.15) is 18.6 Å². The molecule has 1 aliphatic rings. The van der Waals surface area contributed by atoms with Crippen molar-refractivity contribution >= 4 is 6.03 Å². The first-order chi connectivity index (χ1) is 13.9. The number of urea groups is 1. The van der Waals surface area contributed by atoms with E-state index in [4.69, 9.17) is 20.7 Å². The molecule has 0 saturated carbocycles. The Hall–Kier alpha value is -3.30. The molecule has 1 aromatic carbocycles. The second kappa shape index (κ2) is 8.80. The minimum Gasteiger partial charge on any atom is -0.480 e. The molecule has 2 amide bonds. The fraction of sp³-hybridized carbons (Fsp3) is 0.300. The lowest BCUT2D eigenvalue weighted by Gasteiger charge is -2.23. The van der Waals surface area contributed by atoms with E-state index in [1.807, 2.05) is 12.1 Å². The maximum Gasteiger partial charge on any atom is 0.338 e. The standard InChI is InChI=1S/C20H25N5O4/c1-23(2)20(27)25(22)16(8-21)12-29-19-13-28-17(7-18(19)26)11-24-9-14-5-3-4-6-15(14)10-24/h3-8,13H,9-12,21-22H2,1-2H3/b16-8-. The van der Waals surface area contributed by atoms with Gasteiger partial charge in [-0.25, -0.2) is 15.6 Å². The molecule has 3 rings (SSSR count). The lowest BCUT2D eigenvalue weighted by Crippen LogP contribution is -2.44. The number of nitrogens with two attached hydrogens (primary N) is 2. The molecule has 0 spiro atoms. The largest absolute Gasteiger partial charge is 0.480 e. The van der Waals surface area contributed by atoms with E-state index in [0.717, 1.165) is 24.3 Å². The molecule has 9 heteroatoms. The summed E-state index contributed by atoms with van der Waals surface area (Å²) in [5, 5.41) is 0.862. The number of hydrazine groups is 1. The van der Waals surface area contributed by atoms with Gasteiger partial charge in [0, 0.05) is 39.5 Å². The molecule has 2 aromatic rings. The van der Waals surface area contributed by atoms with Crippen LogP contribution in [0, 0.1) is 0 Å². The van der Waals surface area contributed by atoms with Crippen LogP contribution in [0.4, 0.5) is 4.79 Å². The highest BCUT2D eigenvalue weighted by Crippen LogP contribution is 2.23. The van der Waals surface area contributed by atoms with Crippen molar-refractivity contribution in [2.24, 2.45) is 11.6 Å². The van der Waals surface area contributed by atoms with Crippen molar-refractivity contribution in [1.82, 2.24) is 14.8 Å². The maximum atomic E-state index is 12.4. The van der Waals surface area contributed by atoms with Gasteiger partial charge in [-0.3, -0.25) is 9.69 Å². The molecule has 0 unspecified atom stereocenters. The van der Waals surface area contributed by atoms with E-state index in [9.17, 15) is 9.59 Å². The molecule has 4 N–H and O–H groups in total. The van der Waals surface area contributed by atoms with Crippen LogP contribution < -0.4 is 21.7 Å². The molecule has 154 valence electrons. The van der Waals surface area contributed by atoms with Crippen LogP contribution in [0.15, 0.2) is 57.7 Å². The lowest BCUT2D eigenvalue weighted by atomic mass is 10.1. The minimum atomic E-state index is -0.473. The fourth-order valence-corrected chi connectivity index (χ4v) is 3.05. The van der Waals surface area contributed by atoms with Crippen LogP contribution >= 0.6 is 0 Å². The number of carbonyl (C=O) groups is 1. The van der Waals surface area contributed by atoms with E-state index < -0.39 is 6.03 Å². The number of amides is 2. The predicted molar refractivity (Wildman–Crippen MR) is 107 cm³/mol. The summed E-state index contributed by atoms with van der Waals surface area (Å²) in [7, 11) is 3.12.